The maximum absolute atomic E-state index is 12.1. The molecule has 1 aromatic carbocycles. The summed E-state index contributed by atoms with van der Waals surface area (Å²) in [5, 5.41) is 3.96. The van der Waals surface area contributed by atoms with Crippen molar-refractivity contribution in [1.82, 2.24) is 15.0 Å². The van der Waals surface area contributed by atoms with Crippen molar-refractivity contribution >= 4 is 18.3 Å². The summed E-state index contributed by atoms with van der Waals surface area (Å²) in [7, 11) is 1.62. The molecule has 0 radical (unpaired) electrons. The molecule has 1 amide bonds. The highest BCUT2D eigenvalue weighted by molar-refractivity contribution is 5.85. The molecule has 1 atom stereocenters. The lowest BCUT2D eigenvalue weighted by Gasteiger charge is -2.14. The second-order valence-electron chi connectivity index (χ2n) is 5.63. The van der Waals surface area contributed by atoms with Gasteiger partial charge in [0.2, 0.25) is 17.6 Å². The molecule has 1 fully saturated rings. The Hall–Kier alpha value is -2.12. The van der Waals surface area contributed by atoms with Gasteiger partial charge < -0.3 is 19.9 Å². The number of rotatable bonds is 5. The van der Waals surface area contributed by atoms with Gasteiger partial charge in [0, 0.05) is 37.5 Å². The largest absolute Gasteiger partial charge is 0.497 e. The fraction of sp³-hybridized carbons (Fsp3) is 0.438. The van der Waals surface area contributed by atoms with E-state index in [1.807, 2.05) is 24.3 Å². The highest BCUT2D eigenvalue weighted by atomic mass is 35.5. The lowest BCUT2D eigenvalue weighted by atomic mass is 10.2. The fourth-order valence-corrected chi connectivity index (χ4v) is 2.60. The van der Waals surface area contributed by atoms with Gasteiger partial charge in [0.25, 0.3) is 0 Å². The smallest absolute Gasteiger partial charge is 0.227 e. The Kier molecular flexibility index (Phi) is 6.16. The second kappa shape index (κ2) is 8.12. The predicted molar refractivity (Wildman–Crippen MR) is 91.0 cm³/mol. The number of carbonyl (C=O) groups is 1. The van der Waals surface area contributed by atoms with E-state index in [0.717, 1.165) is 24.3 Å². The Morgan fingerprint density at radius 1 is 1.42 bits per heavy atom. The number of hydrogen-bond acceptors (Lipinski definition) is 6. The van der Waals surface area contributed by atoms with E-state index in [0.29, 0.717) is 31.1 Å². The molecule has 8 heteroatoms. The lowest BCUT2D eigenvalue weighted by molar-refractivity contribution is -0.130. The number of aromatic nitrogens is 2. The molecule has 0 aliphatic carbocycles. The highest BCUT2D eigenvalue weighted by Gasteiger charge is 2.23. The van der Waals surface area contributed by atoms with Gasteiger partial charge >= 0.3 is 0 Å². The third kappa shape index (κ3) is 4.24. The molecular formula is C16H21ClN4O3. The zero-order valence-electron chi connectivity index (χ0n) is 13.5. The summed E-state index contributed by atoms with van der Waals surface area (Å²) >= 11 is 0. The van der Waals surface area contributed by atoms with Gasteiger partial charge in [-0.3, -0.25) is 4.79 Å². The van der Waals surface area contributed by atoms with E-state index in [1.54, 1.807) is 12.0 Å². The van der Waals surface area contributed by atoms with Gasteiger partial charge in [0.05, 0.1) is 7.11 Å². The normalized spacial score (nSPS) is 16.8. The first-order valence-electron chi connectivity index (χ1n) is 7.66. The summed E-state index contributed by atoms with van der Waals surface area (Å²) in [5.74, 6) is 1.83. The van der Waals surface area contributed by atoms with Crippen molar-refractivity contribution in [2.24, 2.45) is 5.73 Å². The molecule has 7 nitrogen and oxygen atoms in total. The second-order valence-corrected chi connectivity index (χ2v) is 5.63. The van der Waals surface area contributed by atoms with Gasteiger partial charge in [-0.2, -0.15) is 4.98 Å². The van der Waals surface area contributed by atoms with Gasteiger partial charge in [-0.05, 0) is 30.7 Å². The molecule has 2 heterocycles. The molecular weight excluding hydrogens is 332 g/mol. The Morgan fingerprint density at radius 2 is 2.17 bits per heavy atom. The van der Waals surface area contributed by atoms with Crippen LogP contribution in [-0.2, 0) is 11.2 Å². The molecule has 1 aliphatic rings. The Bertz CT molecular complexity index is 674. The monoisotopic (exact) mass is 352 g/mol. The van der Waals surface area contributed by atoms with Crippen molar-refractivity contribution in [1.29, 1.82) is 0 Å². The number of halogens is 1. The van der Waals surface area contributed by atoms with Gasteiger partial charge in [-0.25, -0.2) is 0 Å². The van der Waals surface area contributed by atoms with Crippen LogP contribution in [0.2, 0.25) is 0 Å². The Morgan fingerprint density at radius 3 is 2.79 bits per heavy atom. The molecule has 0 bridgehead atoms. The Balaban J connectivity index is 0.00000208. The van der Waals surface area contributed by atoms with Crippen LogP contribution in [-0.4, -0.2) is 47.2 Å². The number of nitrogens with two attached hydrogens (primary N) is 1. The van der Waals surface area contributed by atoms with Gasteiger partial charge in [0.15, 0.2) is 0 Å². The van der Waals surface area contributed by atoms with E-state index in [2.05, 4.69) is 10.1 Å². The highest BCUT2D eigenvalue weighted by Crippen LogP contribution is 2.20. The summed E-state index contributed by atoms with van der Waals surface area (Å²) in [6, 6.07) is 7.51. The van der Waals surface area contributed by atoms with E-state index < -0.39 is 0 Å². The third-order valence-corrected chi connectivity index (χ3v) is 3.95. The quantitative estimate of drug-likeness (QED) is 0.879. The maximum Gasteiger partial charge on any atom is 0.227 e. The lowest BCUT2D eigenvalue weighted by Crippen LogP contribution is -2.31. The fourth-order valence-electron chi connectivity index (χ4n) is 2.60. The van der Waals surface area contributed by atoms with E-state index in [-0.39, 0.29) is 24.4 Å². The minimum Gasteiger partial charge on any atom is -0.497 e. The summed E-state index contributed by atoms with van der Waals surface area (Å²) in [6.07, 6.45) is 1.67. The molecule has 3 rings (SSSR count). The van der Waals surface area contributed by atoms with Crippen molar-refractivity contribution in [2.75, 3.05) is 20.2 Å². The first-order chi connectivity index (χ1) is 11.2. The average molecular weight is 353 g/mol. The van der Waals surface area contributed by atoms with Crippen LogP contribution in [0.25, 0.3) is 11.4 Å². The minimum absolute atomic E-state index is 0. The minimum atomic E-state index is 0. The van der Waals surface area contributed by atoms with Crippen LogP contribution in [0.4, 0.5) is 0 Å². The molecule has 2 aromatic rings. The number of ether oxygens (including phenoxy) is 1. The molecule has 1 saturated heterocycles. The van der Waals surface area contributed by atoms with Crippen molar-refractivity contribution in [3.05, 3.63) is 30.2 Å². The number of amides is 1. The van der Waals surface area contributed by atoms with Crippen LogP contribution >= 0.6 is 12.4 Å². The summed E-state index contributed by atoms with van der Waals surface area (Å²) in [5.41, 5.74) is 6.66. The zero-order chi connectivity index (χ0) is 16.2. The van der Waals surface area contributed by atoms with Crippen LogP contribution in [0, 0.1) is 0 Å². The van der Waals surface area contributed by atoms with Crippen LogP contribution in [0.3, 0.4) is 0 Å². The molecule has 0 saturated carbocycles. The number of hydrogen-bond donors (Lipinski definition) is 1. The van der Waals surface area contributed by atoms with Crippen molar-refractivity contribution in [2.45, 2.75) is 25.3 Å². The summed E-state index contributed by atoms with van der Waals surface area (Å²) < 4.78 is 10.3. The van der Waals surface area contributed by atoms with E-state index in [9.17, 15) is 4.79 Å². The molecule has 130 valence electrons. The molecule has 0 spiro atoms. The number of likely N-dealkylation sites (tertiary alicyclic amines) is 1. The first-order valence-corrected chi connectivity index (χ1v) is 7.66. The van der Waals surface area contributed by atoms with Crippen LogP contribution in [0.15, 0.2) is 28.8 Å². The number of carbonyl (C=O) groups excluding carboxylic acids is 1. The average Bonchev–Trinajstić information content (AvgIpc) is 3.22. The first kappa shape index (κ1) is 18.2. The van der Waals surface area contributed by atoms with Crippen molar-refractivity contribution < 1.29 is 14.1 Å². The van der Waals surface area contributed by atoms with Crippen LogP contribution in [0.1, 0.15) is 18.7 Å². The standard InChI is InChI=1S/C16H20N4O3.ClH/c1-22-13-4-2-11(3-5-13)16-18-14(23-19-16)6-7-15(21)20-9-8-12(17)10-20;/h2-5,12H,6-10,17H2,1H3;1H/t12-;/m1./s1. The number of aryl methyl sites for hydroxylation is 1. The summed E-state index contributed by atoms with van der Waals surface area (Å²) in [6.45, 7) is 1.38. The Labute approximate surface area is 146 Å². The van der Waals surface area contributed by atoms with Crippen molar-refractivity contribution in [3.8, 4) is 17.1 Å². The van der Waals surface area contributed by atoms with Crippen molar-refractivity contribution in [3.63, 3.8) is 0 Å². The van der Waals surface area contributed by atoms with Crippen LogP contribution < -0.4 is 10.5 Å². The predicted octanol–water partition coefficient (Wildman–Crippen LogP) is 1.66. The topological polar surface area (TPSA) is 94.5 Å². The van der Waals surface area contributed by atoms with E-state index >= 15 is 0 Å². The van der Waals surface area contributed by atoms with Crippen LogP contribution in [0.5, 0.6) is 5.75 Å². The number of methoxy groups -OCH3 is 1. The van der Waals surface area contributed by atoms with E-state index in [4.69, 9.17) is 15.0 Å². The molecule has 2 N–H and O–H groups in total. The molecule has 24 heavy (non-hydrogen) atoms. The third-order valence-electron chi connectivity index (χ3n) is 3.95. The number of benzene rings is 1. The maximum atomic E-state index is 12.1. The molecule has 1 aliphatic heterocycles. The summed E-state index contributed by atoms with van der Waals surface area (Å²) in [4.78, 5) is 18.2. The molecule has 0 unspecified atom stereocenters. The number of nitrogens with zero attached hydrogens (tertiary/aromatic N) is 3. The molecule has 1 aromatic heterocycles. The zero-order valence-corrected chi connectivity index (χ0v) is 14.3. The van der Waals surface area contributed by atoms with Gasteiger partial charge in [-0.15, -0.1) is 12.4 Å². The van der Waals surface area contributed by atoms with Gasteiger partial charge in [-0.1, -0.05) is 5.16 Å². The van der Waals surface area contributed by atoms with E-state index in [1.165, 1.54) is 0 Å². The SMILES string of the molecule is COc1ccc(-c2noc(CCC(=O)N3CC[C@@H](N)C3)n2)cc1.Cl. The van der Waals surface area contributed by atoms with Gasteiger partial charge in [0.1, 0.15) is 5.75 Å².